The lowest BCUT2D eigenvalue weighted by Crippen LogP contribution is -2.26. The summed E-state index contributed by atoms with van der Waals surface area (Å²) >= 11 is 0. The molecule has 0 aliphatic heterocycles. The Morgan fingerprint density at radius 1 is 1.26 bits per heavy atom. The Kier molecular flexibility index (Phi) is 4.02. The number of hydrogen-bond donors (Lipinski definition) is 2. The summed E-state index contributed by atoms with van der Waals surface area (Å²) in [6, 6.07) is 6.14. The highest BCUT2D eigenvalue weighted by Crippen LogP contribution is 2.03. The molecular formula is C13H13FN4O. The summed E-state index contributed by atoms with van der Waals surface area (Å²) in [5.41, 5.74) is 6.57. The lowest BCUT2D eigenvalue weighted by atomic mass is 10.1. The monoisotopic (exact) mass is 260 g/mol. The molecule has 0 atom stereocenters. The van der Waals surface area contributed by atoms with Gasteiger partial charge in [-0.3, -0.25) is 9.78 Å². The van der Waals surface area contributed by atoms with Gasteiger partial charge in [0.2, 0.25) is 0 Å². The first kappa shape index (κ1) is 12.9. The third-order valence-electron chi connectivity index (χ3n) is 2.50. The zero-order chi connectivity index (χ0) is 13.7. The van der Waals surface area contributed by atoms with Gasteiger partial charge in [0.05, 0.1) is 12.4 Å². The van der Waals surface area contributed by atoms with Crippen molar-refractivity contribution in [3.63, 3.8) is 0 Å². The van der Waals surface area contributed by atoms with E-state index in [1.807, 2.05) is 0 Å². The minimum atomic E-state index is -0.332. The molecule has 1 aromatic carbocycles. The number of nitrogen functional groups attached to an aromatic ring is 1. The van der Waals surface area contributed by atoms with Gasteiger partial charge in [0.1, 0.15) is 17.3 Å². The predicted molar refractivity (Wildman–Crippen MR) is 68.9 cm³/mol. The van der Waals surface area contributed by atoms with Crippen LogP contribution in [0.25, 0.3) is 0 Å². The van der Waals surface area contributed by atoms with Crippen LogP contribution < -0.4 is 11.1 Å². The number of amides is 1. The lowest BCUT2D eigenvalue weighted by molar-refractivity contribution is 0.0949. The molecule has 3 N–H and O–H groups in total. The molecule has 0 unspecified atom stereocenters. The van der Waals surface area contributed by atoms with Crippen LogP contribution in [0, 0.1) is 5.82 Å². The van der Waals surface area contributed by atoms with Crippen LogP contribution in [0.1, 0.15) is 16.1 Å². The minimum Gasteiger partial charge on any atom is -0.382 e. The van der Waals surface area contributed by atoms with Crippen molar-refractivity contribution in [1.82, 2.24) is 15.3 Å². The van der Waals surface area contributed by atoms with Gasteiger partial charge < -0.3 is 11.1 Å². The molecular weight excluding hydrogens is 247 g/mol. The van der Waals surface area contributed by atoms with Crippen molar-refractivity contribution in [1.29, 1.82) is 0 Å². The molecule has 2 aromatic rings. The molecule has 6 heteroatoms. The first-order valence-electron chi connectivity index (χ1n) is 5.75. The Morgan fingerprint density at radius 2 is 2.00 bits per heavy atom. The van der Waals surface area contributed by atoms with Crippen molar-refractivity contribution in [2.45, 2.75) is 6.42 Å². The van der Waals surface area contributed by atoms with E-state index in [1.165, 1.54) is 24.5 Å². The summed E-state index contributed by atoms with van der Waals surface area (Å²) in [5.74, 6) is -0.407. The highest BCUT2D eigenvalue weighted by molar-refractivity contribution is 5.92. The normalized spacial score (nSPS) is 10.2. The number of rotatable bonds is 4. The van der Waals surface area contributed by atoms with E-state index in [0.717, 1.165) is 5.56 Å². The van der Waals surface area contributed by atoms with Crippen molar-refractivity contribution >= 4 is 11.7 Å². The van der Waals surface area contributed by atoms with Gasteiger partial charge in [0.15, 0.2) is 0 Å². The number of nitrogens with zero attached hydrogens (tertiary/aromatic N) is 2. The second kappa shape index (κ2) is 5.90. The number of nitrogens with two attached hydrogens (primary N) is 1. The van der Waals surface area contributed by atoms with Crippen LogP contribution in [0.2, 0.25) is 0 Å². The van der Waals surface area contributed by atoms with E-state index in [-0.39, 0.29) is 23.2 Å². The standard InChI is InChI=1S/C13H13FN4O/c14-10-3-1-9(2-4-10)5-6-17-13(19)11-7-16-8-12(15)18-11/h1-4,7-8H,5-6H2,(H2,15,18)(H,17,19). The molecule has 1 aromatic heterocycles. The number of benzene rings is 1. The van der Waals surface area contributed by atoms with Gasteiger partial charge in [0, 0.05) is 6.54 Å². The van der Waals surface area contributed by atoms with E-state index < -0.39 is 0 Å². The van der Waals surface area contributed by atoms with Crippen molar-refractivity contribution in [2.75, 3.05) is 12.3 Å². The van der Waals surface area contributed by atoms with Crippen LogP contribution in [-0.4, -0.2) is 22.4 Å². The summed E-state index contributed by atoms with van der Waals surface area (Å²) in [5, 5.41) is 2.70. The van der Waals surface area contributed by atoms with Crippen molar-refractivity contribution in [2.24, 2.45) is 0 Å². The second-order valence-corrected chi connectivity index (χ2v) is 3.96. The zero-order valence-electron chi connectivity index (χ0n) is 10.1. The number of nitrogens with one attached hydrogen (secondary N) is 1. The maximum atomic E-state index is 12.7. The molecule has 0 saturated carbocycles. The summed E-state index contributed by atoms with van der Waals surface area (Å²) in [7, 11) is 0. The number of carbonyl (C=O) groups excluding carboxylic acids is 1. The SMILES string of the molecule is Nc1cncc(C(=O)NCCc2ccc(F)cc2)n1. The smallest absolute Gasteiger partial charge is 0.271 e. The molecule has 5 nitrogen and oxygen atoms in total. The molecule has 0 radical (unpaired) electrons. The van der Waals surface area contributed by atoms with Gasteiger partial charge in [-0.05, 0) is 24.1 Å². The molecule has 19 heavy (non-hydrogen) atoms. The van der Waals surface area contributed by atoms with Crippen LogP contribution in [0.3, 0.4) is 0 Å². The molecule has 98 valence electrons. The Bertz CT molecular complexity index is 571. The van der Waals surface area contributed by atoms with Gasteiger partial charge >= 0.3 is 0 Å². The van der Waals surface area contributed by atoms with Gasteiger partial charge in [-0.1, -0.05) is 12.1 Å². The molecule has 1 amide bonds. The largest absolute Gasteiger partial charge is 0.382 e. The molecule has 1 heterocycles. The first-order chi connectivity index (χ1) is 9.15. The van der Waals surface area contributed by atoms with Crippen molar-refractivity contribution < 1.29 is 9.18 Å². The van der Waals surface area contributed by atoms with E-state index >= 15 is 0 Å². The predicted octanol–water partition coefficient (Wildman–Crippen LogP) is 1.17. The summed E-state index contributed by atoms with van der Waals surface area (Å²) < 4.78 is 12.7. The number of hydrogen-bond acceptors (Lipinski definition) is 4. The lowest BCUT2D eigenvalue weighted by Gasteiger charge is -2.05. The molecule has 0 fully saturated rings. The highest BCUT2D eigenvalue weighted by atomic mass is 19.1. The van der Waals surface area contributed by atoms with Gasteiger partial charge in [-0.2, -0.15) is 0 Å². The van der Waals surface area contributed by atoms with Gasteiger partial charge in [0.25, 0.3) is 5.91 Å². The maximum Gasteiger partial charge on any atom is 0.271 e. The summed E-state index contributed by atoms with van der Waals surface area (Å²) in [6.07, 6.45) is 3.33. The van der Waals surface area contributed by atoms with Crippen LogP contribution in [0.4, 0.5) is 10.2 Å². The summed E-state index contributed by atoms with van der Waals surface area (Å²) in [6.45, 7) is 0.431. The van der Waals surface area contributed by atoms with Gasteiger partial charge in [-0.15, -0.1) is 0 Å². The molecule has 0 spiro atoms. The first-order valence-corrected chi connectivity index (χ1v) is 5.75. The van der Waals surface area contributed by atoms with Crippen LogP contribution in [-0.2, 0) is 6.42 Å². The average Bonchev–Trinajstić information content (AvgIpc) is 2.41. The molecule has 2 rings (SSSR count). The number of carbonyl (C=O) groups is 1. The van der Waals surface area contributed by atoms with Crippen molar-refractivity contribution in [3.05, 3.63) is 53.7 Å². The number of aromatic nitrogens is 2. The van der Waals surface area contributed by atoms with E-state index in [9.17, 15) is 9.18 Å². The maximum absolute atomic E-state index is 12.7. The van der Waals surface area contributed by atoms with E-state index in [2.05, 4.69) is 15.3 Å². The number of halogens is 1. The Morgan fingerprint density at radius 3 is 2.68 bits per heavy atom. The van der Waals surface area contributed by atoms with Crippen LogP contribution in [0.15, 0.2) is 36.7 Å². The second-order valence-electron chi connectivity index (χ2n) is 3.96. The molecule has 0 aliphatic rings. The fourth-order valence-electron chi connectivity index (χ4n) is 1.55. The molecule has 0 aliphatic carbocycles. The highest BCUT2D eigenvalue weighted by Gasteiger charge is 2.07. The minimum absolute atomic E-state index is 0.180. The van der Waals surface area contributed by atoms with E-state index in [4.69, 9.17) is 5.73 Å². The van der Waals surface area contributed by atoms with Crippen molar-refractivity contribution in [3.8, 4) is 0 Å². The summed E-state index contributed by atoms with van der Waals surface area (Å²) in [4.78, 5) is 19.4. The van der Waals surface area contributed by atoms with Gasteiger partial charge in [-0.25, -0.2) is 9.37 Å². The van der Waals surface area contributed by atoms with Crippen LogP contribution in [0.5, 0.6) is 0 Å². The molecule has 0 bridgehead atoms. The topological polar surface area (TPSA) is 80.9 Å². The Labute approximate surface area is 109 Å². The third kappa shape index (κ3) is 3.74. The Hall–Kier alpha value is -2.50. The zero-order valence-corrected chi connectivity index (χ0v) is 10.1. The van der Waals surface area contributed by atoms with E-state index in [1.54, 1.807) is 12.1 Å². The quantitative estimate of drug-likeness (QED) is 0.864. The molecule has 0 saturated heterocycles. The third-order valence-corrected chi connectivity index (χ3v) is 2.50. The average molecular weight is 260 g/mol. The van der Waals surface area contributed by atoms with E-state index in [0.29, 0.717) is 13.0 Å². The Balaban J connectivity index is 1.86. The fraction of sp³-hybridized carbons (Fsp3) is 0.154. The van der Waals surface area contributed by atoms with Crippen LogP contribution >= 0.6 is 0 Å². The number of anilines is 1. The fourth-order valence-corrected chi connectivity index (χ4v) is 1.55.